The van der Waals surface area contributed by atoms with Gasteiger partial charge in [0.2, 0.25) is 5.91 Å². The number of hydrogen-bond donors (Lipinski definition) is 3. The molecule has 0 saturated heterocycles. The van der Waals surface area contributed by atoms with E-state index in [4.69, 9.17) is 4.74 Å². The van der Waals surface area contributed by atoms with Crippen LogP contribution in [0.25, 0.3) is 0 Å². The van der Waals surface area contributed by atoms with E-state index in [9.17, 15) is 19.8 Å². The lowest BCUT2D eigenvalue weighted by Crippen LogP contribution is -2.46. The minimum absolute atomic E-state index is 0.0450. The van der Waals surface area contributed by atoms with Crippen molar-refractivity contribution in [2.24, 2.45) is 0 Å². The molecular weight excluding hydrogens is 707 g/mol. The molecule has 0 aromatic heterocycles. The quantitative estimate of drug-likeness (QED) is 0.0325. The van der Waals surface area contributed by atoms with E-state index in [1.807, 2.05) is 6.08 Å². The average Bonchev–Trinajstić information content (AvgIpc) is 3.20. The van der Waals surface area contributed by atoms with Gasteiger partial charge in [-0.1, -0.05) is 209 Å². The van der Waals surface area contributed by atoms with Crippen molar-refractivity contribution in [1.29, 1.82) is 0 Å². The van der Waals surface area contributed by atoms with Crippen LogP contribution in [0.4, 0.5) is 0 Å². The van der Waals surface area contributed by atoms with Gasteiger partial charge in [0.25, 0.3) is 0 Å². The minimum Gasteiger partial charge on any atom is -0.462 e. The molecule has 0 aromatic carbocycles. The highest BCUT2D eigenvalue weighted by Gasteiger charge is 2.24. The monoisotopic (exact) mass is 796 g/mol. The maximum absolute atomic E-state index is 13.1. The Hall–Kier alpha value is -2.70. The molecule has 328 valence electrons. The van der Waals surface area contributed by atoms with Crippen molar-refractivity contribution >= 4 is 11.9 Å². The van der Waals surface area contributed by atoms with Crippen LogP contribution in [-0.4, -0.2) is 46.9 Å². The van der Waals surface area contributed by atoms with E-state index in [2.05, 4.69) is 92.9 Å². The predicted octanol–water partition coefficient (Wildman–Crippen LogP) is 13.8. The second-order valence-electron chi connectivity index (χ2n) is 15.8. The molecule has 0 bridgehead atoms. The first-order chi connectivity index (χ1) is 28.0. The van der Waals surface area contributed by atoms with Gasteiger partial charge in [0.05, 0.1) is 25.2 Å². The van der Waals surface area contributed by atoms with Crippen molar-refractivity contribution in [1.82, 2.24) is 5.32 Å². The number of carbonyl (C=O) groups excluding carboxylic acids is 2. The minimum atomic E-state index is -0.799. The van der Waals surface area contributed by atoms with Gasteiger partial charge < -0.3 is 20.3 Å². The van der Waals surface area contributed by atoms with Crippen molar-refractivity contribution < 1.29 is 24.5 Å². The van der Waals surface area contributed by atoms with Gasteiger partial charge in [-0.05, 0) is 64.2 Å². The average molecular weight is 796 g/mol. The van der Waals surface area contributed by atoms with Crippen molar-refractivity contribution in [3.63, 3.8) is 0 Å². The van der Waals surface area contributed by atoms with Crippen LogP contribution in [0.1, 0.15) is 213 Å². The van der Waals surface area contributed by atoms with E-state index >= 15 is 0 Å². The van der Waals surface area contributed by atoms with Gasteiger partial charge in [-0.3, -0.25) is 9.59 Å². The highest BCUT2D eigenvalue weighted by Crippen LogP contribution is 2.17. The van der Waals surface area contributed by atoms with Gasteiger partial charge in [0, 0.05) is 6.42 Å². The molecule has 0 radical (unpaired) electrons. The van der Waals surface area contributed by atoms with E-state index in [0.29, 0.717) is 19.3 Å². The molecule has 0 aliphatic heterocycles. The topological polar surface area (TPSA) is 95.9 Å². The van der Waals surface area contributed by atoms with Gasteiger partial charge in [0.15, 0.2) is 0 Å². The molecule has 0 heterocycles. The van der Waals surface area contributed by atoms with Crippen LogP contribution in [0.5, 0.6) is 0 Å². The summed E-state index contributed by atoms with van der Waals surface area (Å²) < 4.78 is 5.84. The summed E-state index contributed by atoms with van der Waals surface area (Å²) in [5, 5.41) is 23.6. The van der Waals surface area contributed by atoms with Crippen LogP contribution < -0.4 is 5.32 Å². The van der Waals surface area contributed by atoms with Crippen molar-refractivity contribution in [2.45, 2.75) is 232 Å². The molecule has 0 fully saturated rings. The normalized spacial score (nSPS) is 14.0. The summed E-state index contributed by atoms with van der Waals surface area (Å²) in [4.78, 5) is 25.9. The molecule has 1 amide bonds. The predicted molar refractivity (Wildman–Crippen MR) is 245 cm³/mol. The molecule has 3 atom stereocenters. The molecule has 6 nitrogen and oxygen atoms in total. The lowest BCUT2D eigenvalue weighted by atomic mass is 10.0. The highest BCUT2D eigenvalue weighted by molar-refractivity contribution is 5.77. The first-order valence-electron chi connectivity index (χ1n) is 23.7. The Morgan fingerprint density at radius 2 is 0.912 bits per heavy atom. The highest BCUT2D eigenvalue weighted by atomic mass is 16.5. The maximum atomic E-state index is 13.1. The SMILES string of the molecule is CC/C=C\C/C=C\C/C=C\C/C=C\C/C=C\C/C=C\CCC(=O)OC(CCCCCCCCC)CC(=O)NC(CO)C(O)CCCCCCCCCCCCCC. The number of allylic oxidation sites excluding steroid dienone is 12. The van der Waals surface area contributed by atoms with Crippen molar-refractivity contribution in [3.8, 4) is 0 Å². The Balaban J connectivity index is 4.54. The second kappa shape index (κ2) is 44.4. The fourth-order valence-electron chi connectivity index (χ4n) is 6.75. The van der Waals surface area contributed by atoms with Gasteiger partial charge in [0.1, 0.15) is 6.10 Å². The lowest BCUT2D eigenvalue weighted by Gasteiger charge is -2.24. The van der Waals surface area contributed by atoms with E-state index in [1.54, 1.807) is 0 Å². The third-order valence-electron chi connectivity index (χ3n) is 10.3. The van der Waals surface area contributed by atoms with Crippen LogP contribution in [0.15, 0.2) is 72.9 Å². The van der Waals surface area contributed by atoms with Gasteiger partial charge in [-0.15, -0.1) is 0 Å². The number of amides is 1. The van der Waals surface area contributed by atoms with Gasteiger partial charge >= 0.3 is 5.97 Å². The van der Waals surface area contributed by atoms with Crippen LogP contribution in [0, 0.1) is 0 Å². The van der Waals surface area contributed by atoms with Crippen LogP contribution in [-0.2, 0) is 14.3 Å². The van der Waals surface area contributed by atoms with Gasteiger partial charge in [-0.25, -0.2) is 0 Å². The summed E-state index contributed by atoms with van der Waals surface area (Å²) in [6.07, 6.45) is 55.5. The number of nitrogens with one attached hydrogen (secondary N) is 1. The number of rotatable bonds is 41. The Morgan fingerprint density at radius 1 is 0.526 bits per heavy atom. The summed E-state index contributed by atoms with van der Waals surface area (Å²) in [5.74, 6) is -0.582. The maximum Gasteiger partial charge on any atom is 0.306 e. The summed E-state index contributed by atoms with van der Waals surface area (Å²) in [7, 11) is 0. The largest absolute Gasteiger partial charge is 0.462 e. The van der Waals surface area contributed by atoms with Crippen molar-refractivity contribution in [2.75, 3.05) is 6.61 Å². The molecule has 6 heteroatoms. The number of aliphatic hydroxyl groups excluding tert-OH is 2. The number of aliphatic hydroxyl groups is 2. The van der Waals surface area contributed by atoms with Crippen LogP contribution >= 0.6 is 0 Å². The Labute approximate surface area is 351 Å². The zero-order valence-electron chi connectivity index (χ0n) is 37.2. The zero-order valence-corrected chi connectivity index (χ0v) is 37.2. The molecule has 0 spiro atoms. The summed E-state index contributed by atoms with van der Waals surface area (Å²) in [5.41, 5.74) is 0. The van der Waals surface area contributed by atoms with E-state index in [0.717, 1.165) is 77.0 Å². The fourth-order valence-corrected chi connectivity index (χ4v) is 6.75. The van der Waals surface area contributed by atoms with Gasteiger partial charge in [-0.2, -0.15) is 0 Å². The third kappa shape index (κ3) is 39.9. The molecule has 57 heavy (non-hydrogen) atoms. The standard InChI is InChI=1S/C51H89NO5/c1-4-7-10-13-16-18-20-22-23-24-25-26-27-28-30-32-35-38-41-44-51(56)57-47(42-39-36-33-15-12-9-6-3)45-50(55)52-48(46-53)49(54)43-40-37-34-31-29-21-19-17-14-11-8-5-2/h7,10,16,18,22-23,25-26,28,30,35,38,47-49,53-54H,4-6,8-9,11-15,17,19-21,24,27,29,31-34,36-37,39-46H2,1-3H3,(H,52,55)/b10-7-,18-16-,23-22-,26-25-,30-28-,38-35-. The molecule has 3 unspecified atom stereocenters. The Kier molecular flexibility index (Phi) is 42.3. The van der Waals surface area contributed by atoms with Crippen LogP contribution in [0.2, 0.25) is 0 Å². The molecule has 0 aliphatic rings. The second-order valence-corrected chi connectivity index (χ2v) is 15.8. The molecule has 0 aromatic rings. The summed E-state index contributed by atoms with van der Waals surface area (Å²) >= 11 is 0. The number of carbonyl (C=O) groups is 2. The number of hydrogen-bond acceptors (Lipinski definition) is 5. The zero-order chi connectivity index (χ0) is 41.7. The molecule has 0 aliphatic carbocycles. The number of unbranched alkanes of at least 4 members (excludes halogenated alkanes) is 17. The summed E-state index contributed by atoms with van der Waals surface area (Å²) in [6, 6.07) is -0.715. The summed E-state index contributed by atoms with van der Waals surface area (Å²) in [6.45, 7) is 6.30. The Bertz CT molecular complexity index is 1070. The lowest BCUT2D eigenvalue weighted by molar-refractivity contribution is -0.150. The molecule has 0 rings (SSSR count). The van der Waals surface area contributed by atoms with Crippen LogP contribution in [0.3, 0.4) is 0 Å². The molecule has 3 N–H and O–H groups in total. The third-order valence-corrected chi connectivity index (χ3v) is 10.3. The molecular formula is C51H89NO5. The van der Waals surface area contributed by atoms with E-state index in [1.165, 1.54) is 83.5 Å². The molecule has 0 saturated carbocycles. The fraction of sp³-hybridized carbons (Fsp3) is 0.725. The smallest absolute Gasteiger partial charge is 0.306 e. The van der Waals surface area contributed by atoms with E-state index < -0.39 is 18.2 Å². The number of esters is 1. The Morgan fingerprint density at radius 3 is 1.33 bits per heavy atom. The first kappa shape index (κ1) is 54.3. The van der Waals surface area contributed by atoms with E-state index in [-0.39, 0.29) is 31.3 Å². The number of ether oxygens (including phenoxy) is 1. The van der Waals surface area contributed by atoms with Crippen molar-refractivity contribution in [3.05, 3.63) is 72.9 Å². The first-order valence-corrected chi connectivity index (χ1v) is 23.7.